The maximum absolute atomic E-state index is 11.7. The molecule has 4 nitrogen and oxygen atoms in total. The molecule has 4 heteroatoms. The molecule has 1 aliphatic heterocycles. The first-order valence-electron chi connectivity index (χ1n) is 5.69. The van der Waals surface area contributed by atoms with Gasteiger partial charge >= 0.3 is 0 Å². The van der Waals surface area contributed by atoms with E-state index in [1.165, 1.54) is 0 Å². The van der Waals surface area contributed by atoms with Gasteiger partial charge in [0.2, 0.25) is 5.91 Å². The van der Waals surface area contributed by atoms with E-state index >= 15 is 0 Å². The van der Waals surface area contributed by atoms with Crippen molar-refractivity contribution in [2.45, 2.75) is 52.1 Å². The van der Waals surface area contributed by atoms with Crippen molar-refractivity contribution >= 4 is 5.91 Å². The number of hydrogen-bond acceptors (Lipinski definition) is 3. The normalized spacial score (nSPS) is 28.9. The average molecular weight is 213 g/mol. The first-order valence-corrected chi connectivity index (χ1v) is 5.69. The first kappa shape index (κ1) is 12.5. The quantitative estimate of drug-likeness (QED) is 0.728. The second-order valence-corrected chi connectivity index (χ2v) is 5.17. The number of hydrogen-bond donors (Lipinski definition) is 2. The van der Waals surface area contributed by atoms with Gasteiger partial charge in [-0.25, -0.2) is 5.43 Å². The molecule has 2 atom stereocenters. The van der Waals surface area contributed by atoms with E-state index in [0.717, 1.165) is 6.42 Å². The van der Waals surface area contributed by atoms with Gasteiger partial charge in [-0.2, -0.15) is 0 Å². The predicted octanol–water partition coefficient (Wildman–Crippen LogP) is 0.875. The molecule has 3 N–H and O–H groups in total. The summed E-state index contributed by atoms with van der Waals surface area (Å²) in [5.41, 5.74) is 8.89. The summed E-state index contributed by atoms with van der Waals surface area (Å²) in [5, 5.41) is 1.73. The Morgan fingerprint density at radius 2 is 2.13 bits per heavy atom. The molecule has 2 unspecified atom stereocenters. The van der Waals surface area contributed by atoms with Crippen LogP contribution < -0.4 is 11.2 Å². The summed E-state index contributed by atoms with van der Waals surface area (Å²) < 4.78 is 0. The number of nitrogens with zero attached hydrogens (tertiary/aromatic N) is 1. The largest absolute Gasteiger partial charge is 0.328 e. The average Bonchev–Trinajstić information content (AvgIpc) is 2.39. The minimum atomic E-state index is -0.0884. The fraction of sp³-hybridized carbons (Fsp3) is 0.909. The van der Waals surface area contributed by atoms with Gasteiger partial charge in [-0.1, -0.05) is 13.8 Å². The topological polar surface area (TPSA) is 58.4 Å². The molecule has 0 radical (unpaired) electrons. The molecule has 1 fully saturated rings. The van der Waals surface area contributed by atoms with Crippen LogP contribution in [-0.2, 0) is 4.79 Å². The molecule has 1 amide bonds. The maximum atomic E-state index is 11.7. The third-order valence-corrected chi connectivity index (χ3v) is 3.29. The van der Waals surface area contributed by atoms with E-state index in [9.17, 15) is 4.79 Å². The number of nitrogens with two attached hydrogens (primary N) is 1. The molecule has 15 heavy (non-hydrogen) atoms. The molecule has 0 bridgehead atoms. The summed E-state index contributed by atoms with van der Waals surface area (Å²) in [4.78, 5) is 11.7. The molecule has 0 aliphatic carbocycles. The van der Waals surface area contributed by atoms with E-state index in [2.05, 4.69) is 26.2 Å². The second-order valence-electron chi connectivity index (χ2n) is 5.17. The highest BCUT2D eigenvalue weighted by atomic mass is 16.2. The Bertz CT molecular complexity index is 240. The molecule has 1 saturated heterocycles. The van der Waals surface area contributed by atoms with Gasteiger partial charge in [0.15, 0.2) is 0 Å². The molecule has 0 aromatic heterocycles. The lowest BCUT2D eigenvalue weighted by atomic mass is 9.87. The van der Waals surface area contributed by atoms with Gasteiger partial charge in [-0.05, 0) is 26.2 Å². The molecular formula is C11H23N3O. The number of rotatable bonds is 4. The van der Waals surface area contributed by atoms with Crippen molar-refractivity contribution in [1.29, 1.82) is 0 Å². The Hall–Kier alpha value is -0.610. The summed E-state index contributed by atoms with van der Waals surface area (Å²) in [6, 6.07) is 0.144. The van der Waals surface area contributed by atoms with Crippen LogP contribution in [0.1, 0.15) is 40.5 Å². The van der Waals surface area contributed by atoms with Crippen LogP contribution >= 0.6 is 0 Å². The third-order valence-electron chi connectivity index (χ3n) is 3.29. The van der Waals surface area contributed by atoms with Crippen molar-refractivity contribution < 1.29 is 4.79 Å². The Balaban J connectivity index is 2.53. The van der Waals surface area contributed by atoms with Crippen LogP contribution in [0.3, 0.4) is 0 Å². The van der Waals surface area contributed by atoms with E-state index in [-0.39, 0.29) is 17.5 Å². The highest BCUT2D eigenvalue weighted by Crippen LogP contribution is 2.27. The molecule has 1 aliphatic rings. The summed E-state index contributed by atoms with van der Waals surface area (Å²) in [6.07, 6.45) is 1.43. The third kappa shape index (κ3) is 2.92. The number of amides is 1. The lowest BCUT2D eigenvalue weighted by Gasteiger charge is -2.29. The Morgan fingerprint density at radius 3 is 2.53 bits per heavy atom. The van der Waals surface area contributed by atoms with Gasteiger partial charge < -0.3 is 5.73 Å². The SMILES string of the molecule is CC(N)CCN1NC(C)(C(C)C)CC1=O. The van der Waals surface area contributed by atoms with Crippen LogP contribution in [-0.4, -0.2) is 29.0 Å². The second kappa shape index (κ2) is 4.49. The number of nitrogens with one attached hydrogen (secondary N) is 1. The van der Waals surface area contributed by atoms with E-state index in [1.807, 2.05) is 6.92 Å². The standard InChI is InChI=1S/C11H23N3O/c1-8(2)11(4)7-10(15)14(13-11)6-5-9(3)12/h8-9,13H,5-7,12H2,1-4H3. The Morgan fingerprint density at radius 1 is 1.53 bits per heavy atom. The molecule has 1 heterocycles. The van der Waals surface area contributed by atoms with E-state index in [4.69, 9.17) is 5.73 Å². The van der Waals surface area contributed by atoms with E-state index in [1.54, 1.807) is 5.01 Å². The molecule has 0 spiro atoms. The van der Waals surface area contributed by atoms with E-state index in [0.29, 0.717) is 18.9 Å². The van der Waals surface area contributed by atoms with Crippen LogP contribution in [0, 0.1) is 5.92 Å². The van der Waals surface area contributed by atoms with Crippen LogP contribution in [0.2, 0.25) is 0 Å². The molecule has 1 rings (SSSR count). The number of carbonyl (C=O) groups is 1. The Kier molecular flexibility index (Phi) is 3.73. The molecule has 0 aromatic rings. The van der Waals surface area contributed by atoms with Crippen LogP contribution in [0.5, 0.6) is 0 Å². The van der Waals surface area contributed by atoms with Crippen molar-refractivity contribution in [3.05, 3.63) is 0 Å². The number of carbonyl (C=O) groups excluding carboxylic acids is 1. The molecular weight excluding hydrogens is 190 g/mol. The van der Waals surface area contributed by atoms with Crippen molar-refractivity contribution in [3.63, 3.8) is 0 Å². The van der Waals surface area contributed by atoms with Crippen LogP contribution in [0.15, 0.2) is 0 Å². The van der Waals surface area contributed by atoms with Gasteiger partial charge in [0.1, 0.15) is 0 Å². The summed E-state index contributed by atoms with van der Waals surface area (Å²) in [5.74, 6) is 0.633. The van der Waals surface area contributed by atoms with Crippen molar-refractivity contribution in [2.75, 3.05) is 6.54 Å². The monoisotopic (exact) mass is 213 g/mol. The smallest absolute Gasteiger partial charge is 0.238 e. The zero-order chi connectivity index (χ0) is 11.6. The zero-order valence-corrected chi connectivity index (χ0v) is 10.2. The van der Waals surface area contributed by atoms with Crippen molar-refractivity contribution in [3.8, 4) is 0 Å². The lowest BCUT2D eigenvalue weighted by Crippen LogP contribution is -2.48. The lowest BCUT2D eigenvalue weighted by molar-refractivity contribution is -0.129. The van der Waals surface area contributed by atoms with Crippen molar-refractivity contribution in [2.24, 2.45) is 11.7 Å². The fourth-order valence-electron chi connectivity index (χ4n) is 1.67. The fourth-order valence-corrected chi connectivity index (χ4v) is 1.67. The molecule has 0 aromatic carbocycles. The number of hydrazine groups is 1. The minimum absolute atomic E-state index is 0.0884. The van der Waals surface area contributed by atoms with Gasteiger partial charge in [-0.3, -0.25) is 9.80 Å². The van der Waals surface area contributed by atoms with Gasteiger partial charge in [0, 0.05) is 24.5 Å². The van der Waals surface area contributed by atoms with Gasteiger partial charge in [0.05, 0.1) is 0 Å². The molecule has 88 valence electrons. The van der Waals surface area contributed by atoms with Crippen LogP contribution in [0.25, 0.3) is 0 Å². The summed E-state index contributed by atoms with van der Waals surface area (Å²) in [7, 11) is 0. The highest BCUT2D eigenvalue weighted by Gasteiger charge is 2.40. The molecule has 0 saturated carbocycles. The zero-order valence-electron chi connectivity index (χ0n) is 10.2. The van der Waals surface area contributed by atoms with E-state index < -0.39 is 0 Å². The summed E-state index contributed by atoms with van der Waals surface area (Å²) in [6.45, 7) is 9.03. The highest BCUT2D eigenvalue weighted by molar-refractivity contribution is 5.79. The van der Waals surface area contributed by atoms with Gasteiger partial charge in [-0.15, -0.1) is 0 Å². The van der Waals surface area contributed by atoms with Crippen LogP contribution in [0.4, 0.5) is 0 Å². The predicted molar refractivity (Wildman–Crippen MR) is 61.0 cm³/mol. The maximum Gasteiger partial charge on any atom is 0.238 e. The minimum Gasteiger partial charge on any atom is -0.328 e. The first-order chi connectivity index (χ1) is 6.85. The summed E-state index contributed by atoms with van der Waals surface area (Å²) >= 11 is 0. The van der Waals surface area contributed by atoms with Gasteiger partial charge in [0.25, 0.3) is 0 Å². The van der Waals surface area contributed by atoms with Crippen molar-refractivity contribution in [1.82, 2.24) is 10.4 Å². The Labute approximate surface area is 92.2 Å².